The van der Waals surface area contributed by atoms with E-state index < -0.39 is 0 Å². The molecule has 0 saturated carbocycles. The maximum atomic E-state index is 12.3. The summed E-state index contributed by atoms with van der Waals surface area (Å²) in [5, 5.41) is 2.90. The monoisotopic (exact) mass is 336 g/mol. The Morgan fingerprint density at radius 2 is 2.20 bits per heavy atom. The van der Waals surface area contributed by atoms with Crippen molar-refractivity contribution in [1.29, 1.82) is 0 Å². The Morgan fingerprint density at radius 1 is 1.28 bits per heavy atom. The third-order valence-electron chi connectivity index (χ3n) is 3.60. The van der Waals surface area contributed by atoms with E-state index in [0.717, 1.165) is 17.8 Å². The van der Waals surface area contributed by atoms with Crippen LogP contribution >= 0.6 is 0 Å². The maximum Gasteiger partial charge on any atom is 0.251 e. The second kappa shape index (κ2) is 8.10. The summed E-state index contributed by atoms with van der Waals surface area (Å²) in [7, 11) is 0. The molecule has 25 heavy (non-hydrogen) atoms. The summed E-state index contributed by atoms with van der Waals surface area (Å²) in [5.41, 5.74) is 1.51. The van der Waals surface area contributed by atoms with Crippen LogP contribution in [0, 0.1) is 0 Å². The molecule has 0 aliphatic heterocycles. The van der Waals surface area contributed by atoms with E-state index in [1.807, 2.05) is 42.0 Å². The summed E-state index contributed by atoms with van der Waals surface area (Å²) >= 11 is 0. The first-order chi connectivity index (χ1) is 12.3. The number of nitrogens with zero attached hydrogens (tertiary/aromatic N) is 3. The quantitative estimate of drug-likeness (QED) is 0.720. The van der Waals surface area contributed by atoms with E-state index in [0.29, 0.717) is 24.5 Å². The molecule has 0 radical (unpaired) electrons. The number of pyridine rings is 1. The molecule has 128 valence electrons. The smallest absolute Gasteiger partial charge is 0.251 e. The van der Waals surface area contributed by atoms with Crippen molar-refractivity contribution in [2.45, 2.75) is 19.9 Å². The standard InChI is InChI=1S/C19H20N4O2/c1-2-10-25-17-5-3-4-16(11-17)19(24)22-13-15-6-7-18(21-12-15)23-9-8-20-14-23/h3-9,11-12,14H,2,10,13H2,1H3,(H,22,24). The summed E-state index contributed by atoms with van der Waals surface area (Å²) in [6, 6.07) is 11.0. The van der Waals surface area contributed by atoms with Gasteiger partial charge < -0.3 is 10.1 Å². The van der Waals surface area contributed by atoms with Crippen LogP contribution < -0.4 is 10.1 Å². The van der Waals surface area contributed by atoms with Gasteiger partial charge in [-0.3, -0.25) is 9.36 Å². The number of hydrogen-bond acceptors (Lipinski definition) is 4. The molecule has 2 aromatic heterocycles. The highest BCUT2D eigenvalue weighted by Crippen LogP contribution is 2.14. The maximum absolute atomic E-state index is 12.3. The van der Waals surface area contributed by atoms with Crippen LogP contribution in [0.2, 0.25) is 0 Å². The molecule has 3 rings (SSSR count). The fourth-order valence-electron chi connectivity index (χ4n) is 2.30. The number of benzene rings is 1. The molecule has 6 heteroatoms. The van der Waals surface area contributed by atoms with E-state index in [1.165, 1.54) is 0 Å². The number of ether oxygens (including phenoxy) is 1. The number of rotatable bonds is 7. The van der Waals surface area contributed by atoms with Crippen LogP contribution in [0.1, 0.15) is 29.3 Å². The van der Waals surface area contributed by atoms with Crippen molar-refractivity contribution >= 4 is 5.91 Å². The Kier molecular flexibility index (Phi) is 5.41. The Hall–Kier alpha value is -3.15. The second-order valence-corrected chi connectivity index (χ2v) is 5.55. The van der Waals surface area contributed by atoms with Crippen LogP contribution in [0.3, 0.4) is 0 Å². The average Bonchev–Trinajstić information content (AvgIpc) is 3.20. The highest BCUT2D eigenvalue weighted by molar-refractivity contribution is 5.94. The fourth-order valence-corrected chi connectivity index (χ4v) is 2.30. The van der Waals surface area contributed by atoms with Crippen LogP contribution in [-0.2, 0) is 6.54 Å². The fraction of sp³-hybridized carbons (Fsp3) is 0.211. The van der Waals surface area contributed by atoms with E-state index in [9.17, 15) is 4.79 Å². The Labute approximate surface area is 146 Å². The van der Waals surface area contributed by atoms with Crippen molar-refractivity contribution in [3.05, 3.63) is 72.4 Å². The molecule has 0 spiro atoms. The molecule has 6 nitrogen and oxygen atoms in total. The number of carbonyl (C=O) groups excluding carboxylic acids is 1. The van der Waals surface area contributed by atoms with Crippen molar-refractivity contribution < 1.29 is 9.53 Å². The van der Waals surface area contributed by atoms with Gasteiger partial charge >= 0.3 is 0 Å². The zero-order valence-corrected chi connectivity index (χ0v) is 14.1. The molecule has 0 aliphatic carbocycles. The first-order valence-electron chi connectivity index (χ1n) is 8.20. The van der Waals surface area contributed by atoms with Crippen molar-refractivity contribution in [1.82, 2.24) is 19.9 Å². The zero-order valence-electron chi connectivity index (χ0n) is 14.1. The second-order valence-electron chi connectivity index (χ2n) is 5.55. The molecule has 0 fully saturated rings. The summed E-state index contributed by atoms with van der Waals surface area (Å²) in [6.07, 6.45) is 7.90. The van der Waals surface area contributed by atoms with Crippen LogP contribution in [0.15, 0.2) is 61.3 Å². The summed E-state index contributed by atoms with van der Waals surface area (Å²) in [6.45, 7) is 3.10. The van der Waals surface area contributed by atoms with Gasteiger partial charge in [0.05, 0.1) is 6.61 Å². The number of amides is 1. The van der Waals surface area contributed by atoms with E-state index >= 15 is 0 Å². The van der Waals surface area contributed by atoms with E-state index in [1.54, 1.807) is 30.9 Å². The molecule has 1 N–H and O–H groups in total. The summed E-state index contributed by atoms with van der Waals surface area (Å²) in [5.74, 6) is 1.36. The number of imidazole rings is 1. The first-order valence-corrected chi connectivity index (χ1v) is 8.20. The van der Waals surface area contributed by atoms with E-state index in [-0.39, 0.29) is 5.91 Å². The van der Waals surface area contributed by atoms with Gasteiger partial charge in [0.25, 0.3) is 5.91 Å². The highest BCUT2D eigenvalue weighted by Gasteiger charge is 2.07. The molecule has 0 aliphatic rings. The third-order valence-corrected chi connectivity index (χ3v) is 3.60. The Balaban J connectivity index is 1.58. The molecule has 0 unspecified atom stereocenters. The van der Waals surface area contributed by atoms with Gasteiger partial charge in [0.1, 0.15) is 17.9 Å². The van der Waals surface area contributed by atoms with Gasteiger partial charge in [-0.2, -0.15) is 0 Å². The number of hydrogen-bond donors (Lipinski definition) is 1. The molecule has 0 atom stereocenters. The Bertz CT molecular complexity index is 814. The predicted octanol–water partition coefficient (Wildman–Crippen LogP) is 2.99. The van der Waals surface area contributed by atoms with Gasteiger partial charge in [-0.15, -0.1) is 0 Å². The first kappa shape index (κ1) is 16.7. The van der Waals surface area contributed by atoms with E-state index in [2.05, 4.69) is 15.3 Å². The normalized spacial score (nSPS) is 10.4. The van der Waals surface area contributed by atoms with Gasteiger partial charge in [-0.25, -0.2) is 9.97 Å². The van der Waals surface area contributed by atoms with Gasteiger partial charge in [0, 0.05) is 30.7 Å². The van der Waals surface area contributed by atoms with Crippen molar-refractivity contribution in [2.75, 3.05) is 6.61 Å². The average molecular weight is 336 g/mol. The zero-order chi connectivity index (χ0) is 17.5. The largest absolute Gasteiger partial charge is 0.494 e. The number of aromatic nitrogens is 3. The van der Waals surface area contributed by atoms with Crippen molar-refractivity contribution in [3.8, 4) is 11.6 Å². The van der Waals surface area contributed by atoms with Crippen LogP contribution in [-0.4, -0.2) is 27.0 Å². The minimum atomic E-state index is -0.138. The lowest BCUT2D eigenvalue weighted by atomic mass is 10.2. The van der Waals surface area contributed by atoms with Gasteiger partial charge in [0.15, 0.2) is 0 Å². The summed E-state index contributed by atoms with van der Waals surface area (Å²) in [4.78, 5) is 20.7. The van der Waals surface area contributed by atoms with E-state index in [4.69, 9.17) is 4.74 Å². The molecular formula is C19H20N4O2. The molecular weight excluding hydrogens is 316 g/mol. The van der Waals surface area contributed by atoms with Gasteiger partial charge in [-0.1, -0.05) is 19.1 Å². The topological polar surface area (TPSA) is 69.0 Å². The molecule has 3 aromatic rings. The third kappa shape index (κ3) is 4.44. The molecule has 0 saturated heterocycles. The molecule has 1 aromatic carbocycles. The SMILES string of the molecule is CCCOc1cccc(C(=O)NCc2ccc(-n3ccnc3)nc2)c1. The van der Waals surface area contributed by atoms with Crippen molar-refractivity contribution in [3.63, 3.8) is 0 Å². The minimum absolute atomic E-state index is 0.138. The van der Waals surface area contributed by atoms with Crippen LogP contribution in [0.5, 0.6) is 5.75 Å². The molecule has 1 amide bonds. The lowest BCUT2D eigenvalue weighted by Gasteiger charge is -2.08. The number of nitrogens with one attached hydrogen (secondary N) is 1. The van der Waals surface area contributed by atoms with Crippen LogP contribution in [0.25, 0.3) is 5.82 Å². The molecule has 0 bridgehead atoms. The predicted molar refractivity (Wildman–Crippen MR) is 94.8 cm³/mol. The van der Waals surface area contributed by atoms with Crippen molar-refractivity contribution in [2.24, 2.45) is 0 Å². The van der Waals surface area contributed by atoms with Gasteiger partial charge in [-0.05, 0) is 36.2 Å². The van der Waals surface area contributed by atoms with Gasteiger partial charge in [0.2, 0.25) is 0 Å². The number of carbonyl (C=O) groups is 1. The highest BCUT2D eigenvalue weighted by atomic mass is 16.5. The molecule has 2 heterocycles. The Morgan fingerprint density at radius 3 is 2.92 bits per heavy atom. The van der Waals surface area contributed by atoms with Crippen LogP contribution in [0.4, 0.5) is 0 Å². The summed E-state index contributed by atoms with van der Waals surface area (Å²) < 4.78 is 7.38. The minimum Gasteiger partial charge on any atom is -0.494 e. The lowest BCUT2D eigenvalue weighted by Crippen LogP contribution is -2.22. The lowest BCUT2D eigenvalue weighted by molar-refractivity contribution is 0.0950.